The first kappa shape index (κ1) is 10.4. The number of hydrogen-bond acceptors (Lipinski definition) is 3. The summed E-state index contributed by atoms with van der Waals surface area (Å²) in [4.78, 5) is 2.55. The Morgan fingerprint density at radius 1 is 1.29 bits per heavy atom. The van der Waals surface area contributed by atoms with Gasteiger partial charge >= 0.3 is 0 Å². The van der Waals surface area contributed by atoms with Crippen molar-refractivity contribution in [1.82, 2.24) is 10.2 Å². The molecule has 3 nitrogen and oxygen atoms in total. The quantitative estimate of drug-likeness (QED) is 0.712. The maximum Gasteiger partial charge on any atom is 0.0593 e. The van der Waals surface area contributed by atoms with E-state index < -0.39 is 0 Å². The van der Waals surface area contributed by atoms with Crippen LogP contribution in [-0.2, 0) is 4.74 Å². The molecule has 2 heterocycles. The molecule has 3 heteroatoms. The third kappa shape index (κ3) is 2.69. The molecule has 2 saturated heterocycles. The summed E-state index contributed by atoms with van der Waals surface area (Å²) in [5.41, 5.74) is 0.365. The Morgan fingerprint density at radius 3 is 3.00 bits per heavy atom. The van der Waals surface area contributed by atoms with Crippen LogP contribution >= 0.6 is 0 Å². The molecule has 0 spiro atoms. The largest absolute Gasteiger partial charge is 0.380 e. The first-order valence-corrected chi connectivity index (χ1v) is 5.84. The summed E-state index contributed by atoms with van der Waals surface area (Å²) in [7, 11) is 0. The highest BCUT2D eigenvalue weighted by molar-refractivity contribution is 4.91. The van der Waals surface area contributed by atoms with Gasteiger partial charge in [0.25, 0.3) is 0 Å². The third-order valence-corrected chi connectivity index (χ3v) is 3.34. The second kappa shape index (κ2) is 4.60. The third-order valence-electron chi connectivity index (χ3n) is 3.34. The Kier molecular flexibility index (Phi) is 3.42. The van der Waals surface area contributed by atoms with Crippen molar-refractivity contribution in [3.63, 3.8) is 0 Å². The summed E-state index contributed by atoms with van der Waals surface area (Å²) in [6, 6.07) is 0. The summed E-state index contributed by atoms with van der Waals surface area (Å²) in [5.74, 6) is 0. The van der Waals surface area contributed by atoms with E-state index in [1.165, 1.54) is 38.9 Å². The van der Waals surface area contributed by atoms with E-state index in [1.807, 2.05) is 0 Å². The molecule has 1 N–H and O–H groups in total. The molecule has 2 aliphatic heterocycles. The van der Waals surface area contributed by atoms with Crippen LogP contribution in [-0.4, -0.2) is 49.8 Å². The number of ether oxygens (including phenoxy) is 1. The first-order valence-electron chi connectivity index (χ1n) is 5.84. The van der Waals surface area contributed by atoms with E-state index in [4.69, 9.17) is 4.74 Å². The summed E-state index contributed by atoms with van der Waals surface area (Å²) >= 11 is 0. The van der Waals surface area contributed by atoms with Crippen molar-refractivity contribution in [2.24, 2.45) is 0 Å². The van der Waals surface area contributed by atoms with E-state index >= 15 is 0 Å². The van der Waals surface area contributed by atoms with Gasteiger partial charge in [-0.05, 0) is 32.7 Å². The van der Waals surface area contributed by atoms with Crippen LogP contribution in [0.4, 0.5) is 0 Å². The van der Waals surface area contributed by atoms with Crippen LogP contribution in [0.3, 0.4) is 0 Å². The fraction of sp³-hybridized carbons (Fsp3) is 1.00. The zero-order valence-electron chi connectivity index (χ0n) is 9.22. The topological polar surface area (TPSA) is 24.5 Å². The highest BCUT2D eigenvalue weighted by Gasteiger charge is 2.30. The number of rotatable bonds is 2. The molecule has 1 atom stereocenters. The lowest BCUT2D eigenvalue weighted by Crippen LogP contribution is -2.48. The van der Waals surface area contributed by atoms with Gasteiger partial charge in [-0.15, -0.1) is 0 Å². The monoisotopic (exact) mass is 198 g/mol. The molecule has 0 aromatic rings. The van der Waals surface area contributed by atoms with E-state index in [2.05, 4.69) is 17.1 Å². The first-order chi connectivity index (χ1) is 6.79. The van der Waals surface area contributed by atoms with Gasteiger partial charge in [0, 0.05) is 31.8 Å². The summed E-state index contributed by atoms with van der Waals surface area (Å²) in [6.45, 7) is 8.91. The van der Waals surface area contributed by atoms with E-state index in [0.29, 0.717) is 5.54 Å². The highest BCUT2D eigenvalue weighted by atomic mass is 16.5. The average molecular weight is 198 g/mol. The molecule has 0 aromatic carbocycles. The van der Waals surface area contributed by atoms with Gasteiger partial charge in [-0.3, -0.25) is 4.90 Å². The Hall–Kier alpha value is -0.120. The predicted molar refractivity (Wildman–Crippen MR) is 57.5 cm³/mol. The van der Waals surface area contributed by atoms with Crippen molar-refractivity contribution in [3.05, 3.63) is 0 Å². The standard InChI is InChI=1S/C11H22N2O/c1-11(4-2-5-12-11)10-13-6-3-8-14-9-7-13/h12H,2-10H2,1H3. The molecule has 2 rings (SSSR count). The molecule has 14 heavy (non-hydrogen) atoms. The van der Waals surface area contributed by atoms with Gasteiger partial charge in [0.05, 0.1) is 6.61 Å². The van der Waals surface area contributed by atoms with Crippen LogP contribution in [0.2, 0.25) is 0 Å². The normalized spacial score (nSPS) is 35.8. The number of nitrogens with one attached hydrogen (secondary N) is 1. The molecular formula is C11H22N2O. The van der Waals surface area contributed by atoms with Gasteiger partial charge < -0.3 is 10.1 Å². The van der Waals surface area contributed by atoms with E-state index in [-0.39, 0.29) is 0 Å². The molecule has 0 radical (unpaired) electrons. The van der Waals surface area contributed by atoms with Crippen molar-refractivity contribution in [3.8, 4) is 0 Å². The maximum absolute atomic E-state index is 5.46. The van der Waals surface area contributed by atoms with E-state index in [0.717, 1.165) is 19.8 Å². The summed E-state index contributed by atoms with van der Waals surface area (Å²) in [5, 5.41) is 3.62. The SMILES string of the molecule is CC1(CN2CCCOCC2)CCCN1. The van der Waals surface area contributed by atoms with Crippen LogP contribution in [0.1, 0.15) is 26.2 Å². The Balaban J connectivity index is 1.82. The number of hydrogen-bond donors (Lipinski definition) is 1. The molecule has 0 saturated carbocycles. The zero-order chi connectivity index (χ0) is 9.86. The number of nitrogens with zero attached hydrogens (tertiary/aromatic N) is 1. The van der Waals surface area contributed by atoms with Crippen LogP contribution in [0.5, 0.6) is 0 Å². The lowest BCUT2D eigenvalue weighted by Gasteiger charge is -2.31. The van der Waals surface area contributed by atoms with Crippen LogP contribution in [0, 0.1) is 0 Å². The minimum atomic E-state index is 0.365. The van der Waals surface area contributed by atoms with Crippen LogP contribution < -0.4 is 5.32 Å². The van der Waals surface area contributed by atoms with Gasteiger partial charge in [0.15, 0.2) is 0 Å². The Bertz CT molecular complexity index is 170. The Morgan fingerprint density at radius 2 is 2.21 bits per heavy atom. The summed E-state index contributed by atoms with van der Waals surface area (Å²) in [6.07, 6.45) is 3.85. The maximum atomic E-state index is 5.46. The average Bonchev–Trinajstić information content (AvgIpc) is 2.43. The molecule has 0 amide bonds. The van der Waals surface area contributed by atoms with Crippen molar-refractivity contribution in [1.29, 1.82) is 0 Å². The zero-order valence-corrected chi connectivity index (χ0v) is 9.22. The van der Waals surface area contributed by atoms with Gasteiger partial charge in [-0.25, -0.2) is 0 Å². The van der Waals surface area contributed by atoms with Crippen LogP contribution in [0.15, 0.2) is 0 Å². The second-order valence-corrected chi connectivity index (χ2v) is 4.83. The Labute approximate surface area is 86.8 Å². The van der Waals surface area contributed by atoms with Crippen molar-refractivity contribution < 1.29 is 4.74 Å². The fourth-order valence-electron chi connectivity index (χ4n) is 2.54. The fourth-order valence-corrected chi connectivity index (χ4v) is 2.54. The van der Waals surface area contributed by atoms with Gasteiger partial charge in [-0.1, -0.05) is 0 Å². The van der Waals surface area contributed by atoms with Gasteiger partial charge in [-0.2, -0.15) is 0 Å². The lowest BCUT2D eigenvalue weighted by atomic mass is 9.99. The molecule has 2 fully saturated rings. The molecule has 0 aliphatic carbocycles. The van der Waals surface area contributed by atoms with E-state index in [1.54, 1.807) is 0 Å². The van der Waals surface area contributed by atoms with Gasteiger partial charge in [0.2, 0.25) is 0 Å². The second-order valence-electron chi connectivity index (χ2n) is 4.83. The van der Waals surface area contributed by atoms with Crippen LogP contribution in [0.25, 0.3) is 0 Å². The van der Waals surface area contributed by atoms with E-state index in [9.17, 15) is 0 Å². The molecule has 0 aromatic heterocycles. The summed E-state index contributed by atoms with van der Waals surface area (Å²) < 4.78 is 5.46. The smallest absolute Gasteiger partial charge is 0.0593 e. The molecule has 0 bridgehead atoms. The van der Waals surface area contributed by atoms with Crippen molar-refractivity contribution in [2.45, 2.75) is 31.7 Å². The highest BCUT2D eigenvalue weighted by Crippen LogP contribution is 2.20. The molecule has 82 valence electrons. The minimum absolute atomic E-state index is 0.365. The molecule has 1 unspecified atom stereocenters. The predicted octanol–water partition coefficient (Wildman–Crippen LogP) is 0.851. The minimum Gasteiger partial charge on any atom is -0.380 e. The molecular weight excluding hydrogens is 176 g/mol. The molecule has 2 aliphatic rings. The van der Waals surface area contributed by atoms with Crippen molar-refractivity contribution in [2.75, 3.05) is 39.4 Å². The lowest BCUT2D eigenvalue weighted by molar-refractivity contribution is 0.135. The van der Waals surface area contributed by atoms with Gasteiger partial charge in [0.1, 0.15) is 0 Å². The van der Waals surface area contributed by atoms with Crippen molar-refractivity contribution >= 4 is 0 Å².